The highest BCUT2D eigenvalue weighted by atomic mass is 19.1. The van der Waals surface area contributed by atoms with Gasteiger partial charge < -0.3 is 25.0 Å². The summed E-state index contributed by atoms with van der Waals surface area (Å²) in [4.78, 5) is 29.5. The molecule has 200 valence electrons. The third-order valence-corrected chi connectivity index (χ3v) is 7.24. The predicted molar refractivity (Wildman–Crippen MR) is 137 cm³/mol. The maximum Gasteiger partial charge on any atom is 0.453 e. The molecule has 9 nitrogen and oxygen atoms in total. The number of nitrogens with one attached hydrogen (secondary N) is 1. The fourth-order valence-electron chi connectivity index (χ4n) is 5.07. The van der Waals surface area contributed by atoms with E-state index in [2.05, 4.69) is 5.32 Å². The Bertz CT molecular complexity index is 1030. The van der Waals surface area contributed by atoms with Gasteiger partial charge in [0, 0.05) is 31.5 Å². The van der Waals surface area contributed by atoms with Crippen molar-refractivity contribution in [2.75, 3.05) is 26.2 Å². The van der Waals surface area contributed by atoms with E-state index in [9.17, 15) is 29.3 Å². The number of hydrogen-bond donors (Lipinski definition) is 3. The number of alkyl halides is 1. The van der Waals surface area contributed by atoms with E-state index in [1.54, 1.807) is 35.2 Å². The fraction of sp³-hybridized carbons (Fsp3) is 0.577. The summed E-state index contributed by atoms with van der Waals surface area (Å²) in [5, 5.41) is 31.3. The minimum absolute atomic E-state index is 0.0223. The van der Waals surface area contributed by atoms with Crippen LogP contribution in [-0.2, 0) is 9.53 Å². The van der Waals surface area contributed by atoms with Gasteiger partial charge >= 0.3 is 13.2 Å². The molecule has 1 aromatic carbocycles. The first-order valence-electron chi connectivity index (χ1n) is 12.6. The Kier molecular flexibility index (Phi) is 9.34. The molecule has 0 unspecified atom stereocenters. The summed E-state index contributed by atoms with van der Waals surface area (Å²) in [6, 6.07) is 10.2. The van der Waals surface area contributed by atoms with Crippen LogP contribution in [0.1, 0.15) is 51.6 Å². The molecule has 3 atom stereocenters. The summed E-state index contributed by atoms with van der Waals surface area (Å²) in [7, 11) is -1.62. The van der Waals surface area contributed by atoms with Gasteiger partial charge in [0.15, 0.2) is 0 Å². The molecule has 0 bridgehead atoms. The second-order valence-electron chi connectivity index (χ2n) is 10.6. The van der Waals surface area contributed by atoms with Crippen LogP contribution in [0.3, 0.4) is 0 Å². The van der Waals surface area contributed by atoms with E-state index >= 15 is 0 Å². The van der Waals surface area contributed by atoms with Crippen LogP contribution in [-0.4, -0.2) is 82.5 Å². The van der Waals surface area contributed by atoms with Crippen molar-refractivity contribution in [1.29, 1.82) is 5.26 Å². The van der Waals surface area contributed by atoms with Gasteiger partial charge in [-0.25, -0.2) is 9.18 Å². The predicted octanol–water partition coefficient (Wildman–Crippen LogP) is 2.58. The summed E-state index contributed by atoms with van der Waals surface area (Å²) in [6.07, 6.45) is 1.52. The second-order valence-corrected chi connectivity index (χ2v) is 10.6. The second kappa shape index (κ2) is 12.1. The Morgan fingerprint density at radius 3 is 2.65 bits per heavy atom. The Morgan fingerprint density at radius 1 is 1.35 bits per heavy atom. The third kappa shape index (κ3) is 7.31. The van der Waals surface area contributed by atoms with E-state index in [1.807, 2.05) is 37.8 Å². The molecule has 2 heterocycles. The SMILES string of the molecule is CC(C)(C=C(C#N)C(=O)N1CCC[C@]1(C)COC(=O)N[C@H](CB(O)O)c1ccccc1)N1CC[C@H](F)C1. The van der Waals surface area contributed by atoms with E-state index < -0.39 is 42.4 Å². The van der Waals surface area contributed by atoms with Gasteiger partial charge in [-0.1, -0.05) is 30.3 Å². The van der Waals surface area contributed by atoms with Gasteiger partial charge in [-0.05, 0) is 51.7 Å². The first kappa shape index (κ1) is 28.6. The van der Waals surface area contributed by atoms with Crippen LogP contribution < -0.4 is 5.32 Å². The van der Waals surface area contributed by atoms with Gasteiger partial charge in [0.25, 0.3) is 5.91 Å². The van der Waals surface area contributed by atoms with E-state index in [1.165, 1.54) is 0 Å². The van der Waals surface area contributed by atoms with Crippen molar-refractivity contribution in [3.05, 3.63) is 47.5 Å². The Balaban J connectivity index is 1.67. The molecule has 0 spiro atoms. The lowest BCUT2D eigenvalue weighted by Gasteiger charge is -2.36. The topological polar surface area (TPSA) is 126 Å². The number of amides is 2. The quantitative estimate of drug-likeness (QED) is 0.263. The van der Waals surface area contributed by atoms with Gasteiger partial charge in [-0.15, -0.1) is 0 Å². The zero-order valence-electron chi connectivity index (χ0n) is 21.7. The summed E-state index contributed by atoms with van der Waals surface area (Å²) in [5.74, 6) is -0.443. The van der Waals surface area contributed by atoms with Crippen LogP contribution in [0.5, 0.6) is 0 Å². The molecule has 1 aromatic rings. The molecule has 0 aliphatic carbocycles. The van der Waals surface area contributed by atoms with Crippen molar-refractivity contribution in [3.8, 4) is 6.07 Å². The van der Waals surface area contributed by atoms with Gasteiger partial charge in [0.2, 0.25) is 0 Å². The first-order chi connectivity index (χ1) is 17.4. The molecule has 2 fully saturated rings. The van der Waals surface area contributed by atoms with Gasteiger partial charge in [-0.3, -0.25) is 9.69 Å². The highest BCUT2D eigenvalue weighted by molar-refractivity contribution is 6.41. The largest absolute Gasteiger partial charge is 0.453 e. The van der Waals surface area contributed by atoms with Crippen molar-refractivity contribution < 1.29 is 28.8 Å². The van der Waals surface area contributed by atoms with E-state index in [4.69, 9.17) is 4.74 Å². The first-order valence-corrected chi connectivity index (χ1v) is 12.6. The molecule has 2 aliphatic heterocycles. The number of rotatable bonds is 9. The van der Waals surface area contributed by atoms with Crippen LogP contribution in [0.15, 0.2) is 42.0 Å². The third-order valence-electron chi connectivity index (χ3n) is 7.24. The minimum atomic E-state index is -1.62. The van der Waals surface area contributed by atoms with Gasteiger partial charge in [0.05, 0.1) is 11.6 Å². The maximum atomic E-state index is 13.7. The van der Waals surface area contributed by atoms with Crippen molar-refractivity contribution in [2.24, 2.45) is 0 Å². The van der Waals surface area contributed by atoms with Gasteiger partial charge in [-0.2, -0.15) is 5.26 Å². The summed E-state index contributed by atoms with van der Waals surface area (Å²) >= 11 is 0. The Labute approximate surface area is 218 Å². The van der Waals surface area contributed by atoms with Crippen LogP contribution in [0.2, 0.25) is 6.32 Å². The lowest BCUT2D eigenvalue weighted by molar-refractivity contribution is -0.131. The molecule has 0 radical (unpaired) electrons. The zero-order valence-corrected chi connectivity index (χ0v) is 21.7. The molecule has 37 heavy (non-hydrogen) atoms. The van der Waals surface area contributed by atoms with Crippen LogP contribution >= 0.6 is 0 Å². The average molecular weight is 514 g/mol. The number of ether oxygens (including phenoxy) is 1. The molecule has 2 aliphatic rings. The maximum absolute atomic E-state index is 13.7. The molecule has 3 rings (SSSR count). The lowest BCUT2D eigenvalue weighted by Crippen LogP contribution is -2.50. The van der Waals surface area contributed by atoms with Crippen molar-refractivity contribution in [1.82, 2.24) is 15.1 Å². The number of carbonyl (C=O) groups excluding carboxylic acids is 2. The molecule has 0 saturated carbocycles. The molecule has 3 N–H and O–H groups in total. The number of hydrogen-bond acceptors (Lipinski definition) is 7. The average Bonchev–Trinajstić information content (AvgIpc) is 3.47. The highest BCUT2D eigenvalue weighted by Crippen LogP contribution is 2.32. The Hall–Kier alpha value is -2.94. The molecule has 2 saturated heterocycles. The number of halogens is 1. The molecule has 2 amide bonds. The van der Waals surface area contributed by atoms with E-state index in [-0.39, 0.29) is 25.0 Å². The summed E-state index contributed by atoms with van der Waals surface area (Å²) < 4.78 is 19.2. The van der Waals surface area contributed by atoms with Crippen LogP contribution in [0, 0.1) is 11.3 Å². The number of likely N-dealkylation sites (tertiary alicyclic amines) is 2. The number of nitrogens with zero attached hydrogens (tertiary/aromatic N) is 3. The Morgan fingerprint density at radius 2 is 2.05 bits per heavy atom. The molecular weight excluding hydrogens is 478 g/mol. The highest BCUT2D eigenvalue weighted by Gasteiger charge is 2.43. The summed E-state index contributed by atoms with van der Waals surface area (Å²) in [5.41, 5.74) is -0.811. The van der Waals surface area contributed by atoms with E-state index in [0.717, 1.165) is 0 Å². The molecule has 11 heteroatoms. The zero-order chi connectivity index (χ0) is 27.2. The number of nitriles is 1. The summed E-state index contributed by atoms with van der Waals surface area (Å²) in [6.45, 7) is 6.67. The van der Waals surface area contributed by atoms with Crippen LogP contribution in [0.25, 0.3) is 0 Å². The van der Waals surface area contributed by atoms with Crippen molar-refractivity contribution in [3.63, 3.8) is 0 Å². The monoisotopic (exact) mass is 514 g/mol. The fourth-order valence-corrected chi connectivity index (χ4v) is 5.07. The van der Waals surface area contributed by atoms with Crippen molar-refractivity contribution in [2.45, 2.75) is 69.6 Å². The van der Waals surface area contributed by atoms with Gasteiger partial charge in [0.1, 0.15) is 24.4 Å². The molecular formula is C26H36BFN4O5. The lowest BCUT2D eigenvalue weighted by atomic mass is 9.79. The van der Waals surface area contributed by atoms with E-state index in [0.29, 0.717) is 37.9 Å². The van der Waals surface area contributed by atoms with Crippen molar-refractivity contribution >= 4 is 19.1 Å². The number of benzene rings is 1. The molecule has 0 aromatic heterocycles. The normalized spacial score (nSPS) is 23.4. The van der Waals surface area contributed by atoms with Crippen LogP contribution in [0.4, 0.5) is 9.18 Å². The standard InChI is InChI=1S/C26H36BFN4O5/c1-25(2,31-13-10-21(28)17-31)14-20(16-29)23(33)32-12-7-11-26(32,3)18-37-24(34)30-22(15-27(35)36)19-8-5-4-6-9-19/h4-6,8-9,14,21-22,35-36H,7,10-13,15,17-18H2,1-3H3,(H,30,34)/t21-,22+,26+/m0/s1. The minimum Gasteiger partial charge on any atom is -0.447 e. The number of alkyl carbamates (subject to hydrolysis) is 1. The smallest absolute Gasteiger partial charge is 0.447 e. The number of carbonyl (C=O) groups is 2.